The summed E-state index contributed by atoms with van der Waals surface area (Å²) in [5, 5.41) is 7.43. The number of Topliss-reactive ketones (excluding diaryl/α,β-unsaturated/α-hetero) is 1. The average Bonchev–Trinajstić information content (AvgIpc) is 2.33. The van der Waals surface area contributed by atoms with Gasteiger partial charge in [-0.3, -0.25) is 10.2 Å². The molecule has 0 amide bonds. The van der Waals surface area contributed by atoms with Crippen LogP contribution >= 0.6 is 0 Å². The van der Waals surface area contributed by atoms with Crippen LogP contribution in [0.1, 0.15) is 6.42 Å². The molecule has 1 aromatic carbocycles. The SMILES string of the molecule is O=C1CC=CN=C1N=NNc1ccccc1. The van der Waals surface area contributed by atoms with Crippen molar-refractivity contribution in [3.63, 3.8) is 0 Å². The number of ketones is 1. The van der Waals surface area contributed by atoms with Crippen LogP contribution in [0.5, 0.6) is 0 Å². The van der Waals surface area contributed by atoms with Gasteiger partial charge >= 0.3 is 0 Å². The van der Waals surface area contributed by atoms with Gasteiger partial charge in [0.05, 0.1) is 5.69 Å². The second-order valence-electron chi connectivity index (χ2n) is 3.14. The summed E-state index contributed by atoms with van der Waals surface area (Å²) in [5.41, 5.74) is 3.52. The molecule has 0 atom stereocenters. The molecule has 1 N–H and O–H groups in total. The van der Waals surface area contributed by atoms with Crippen LogP contribution in [-0.4, -0.2) is 11.6 Å². The van der Waals surface area contributed by atoms with E-state index < -0.39 is 0 Å². The molecule has 0 saturated heterocycles. The zero-order valence-corrected chi connectivity index (χ0v) is 8.50. The lowest BCUT2D eigenvalue weighted by molar-refractivity contribution is -0.112. The van der Waals surface area contributed by atoms with E-state index in [-0.39, 0.29) is 11.6 Å². The fraction of sp³-hybridized carbons (Fsp3) is 0.0909. The number of nitrogens with one attached hydrogen (secondary N) is 1. The van der Waals surface area contributed by atoms with Gasteiger partial charge in [-0.1, -0.05) is 29.5 Å². The predicted molar refractivity (Wildman–Crippen MR) is 61.1 cm³/mol. The Morgan fingerprint density at radius 2 is 2.06 bits per heavy atom. The summed E-state index contributed by atoms with van der Waals surface area (Å²) in [5.74, 6) is 0.00652. The summed E-state index contributed by atoms with van der Waals surface area (Å²) in [6, 6.07) is 9.36. The van der Waals surface area contributed by atoms with Crippen LogP contribution in [0.25, 0.3) is 0 Å². The molecule has 80 valence electrons. The average molecular weight is 214 g/mol. The van der Waals surface area contributed by atoms with Crippen LogP contribution in [0.2, 0.25) is 0 Å². The normalized spacial score (nSPS) is 15.2. The quantitative estimate of drug-likeness (QED) is 0.606. The van der Waals surface area contributed by atoms with Gasteiger partial charge in [0.2, 0.25) is 11.6 Å². The maximum atomic E-state index is 11.3. The van der Waals surface area contributed by atoms with Crippen LogP contribution in [0.15, 0.2) is 57.9 Å². The van der Waals surface area contributed by atoms with Crippen molar-refractivity contribution in [3.05, 3.63) is 42.6 Å². The Hall–Kier alpha value is -2.30. The van der Waals surface area contributed by atoms with Crippen molar-refractivity contribution in [2.75, 3.05) is 5.43 Å². The molecule has 1 aliphatic rings. The summed E-state index contributed by atoms with van der Waals surface area (Å²) in [6.07, 6.45) is 3.58. The number of anilines is 1. The molecule has 0 spiro atoms. The Balaban J connectivity index is 1.98. The summed E-state index contributed by atoms with van der Waals surface area (Å²) < 4.78 is 0. The van der Waals surface area contributed by atoms with E-state index in [9.17, 15) is 4.79 Å². The monoisotopic (exact) mass is 214 g/mol. The van der Waals surface area contributed by atoms with E-state index in [2.05, 4.69) is 20.8 Å². The van der Waals surface area contributed by atoms with Crippen molar-refractivity contribution in [2.45, 2.75) is 6.42 Å². The van der Waals surface area contributed by atoms with Crippen LogP contribution in [0, 0.1) is 0 Å². The molecule has 0 radical (unpaired) electrons. The summed E-state index contributed by atoms with van der Waals surface area (Å²) in [4.78, 5) is 15.1. The van der Waals surface area contributed by atoms with Gasteiger partial charge in [0.1, 0.15) is 0 Å². The first-order chi connectivity index (χ1) is 7.86. The van der Waals surface area contributed by atoms with E-state index in [1.807, 2.05) is 30.3 Å². The van der Waals surface area contributed by atoms with Crippen LogP contribution in [-0.2, 0) is 4.79 Å². The maximum absolute atomic E-state index is 11.3. The summed E-state index contributed by atoms with van der Waals surface area (Å²) in [6.45, 7) is 0. The molecule has 1 heterocycles. The van der Waals surface area contributed by atoms with Crippen molar-refractivity contribution >= 4 is 17.3 Å². The smallest absolute Gasteiger partial charge is 0.219 e. The zero-order valence-electron chi connectivity index (χ0n) is 8.50. The topological polar surface area (TPSA) is 66.2 Å². The van der Waals surface area contributed by atoms with Gasteiger partial charge in [-0.2, -0.15) is 0 Å². The fourth-order valence-corrected chi connectivity index (χ4v) is 1.17. The number of rotatable bonds is 2. The molecular weight excluding hydrogens is 204 g/mol. The first kappa shape index (κ1) is 10.2. The highest BCUT2D eigenvalue weighted by Gasteiger charge is 2.10. The van der Waals surface area contributed by atoms with Gasteiger partial charge in [0, 0.05) is 12.6 Å². The van der Waals surface area contributed by atoms with Crippen molar-refractivity contribution in [1.29, 1.82) is 0 Å². The number of aliphatic imine (C=N–C) groups is 1. The highest BCUT2D eigenvalue weighted by atomic mass is 16.1. The molecule has 0 saturated carbocycles. The molecule has 0 aliphatic carbocycles. The maximum Gasteiger partial charge on any atom is 0.219 e. The van der Waals surface area contributed by atoms with E-state index in [0.717, 1.165) is 5.69 Å². The number of allylic oxidation sites excluding steroid dienone is 1. The zero-order chi connectivity index (χ0) is 11.2. The molecule has 1 aromatic rings. The van der Waals surface area contributed by atoms with Gasteiger partial charge in [-0.25, -0.2) is 4.99 Å². The lowest BCUT2D eigenvalue weighted by Gasteiger charge is -2.00. The fourth-order valence-electron chi connectivity index (χ4n) is 1.17. The lowest BCUT2D eigenvalue weighted by Crippen LogP contribution is -2.12. The minimum absolute atomic E-state index is 0.124. The number of hydrogen-bond acceptors (Lipinski definition) is 4. The highest BCUT2D eigenvalue weighted by Crippen LogP contribution is 2.05. The van der Waals surface area contributed by atoms with Crippen molar-refractivity contribution in [2.24, 2.45) is 15.3 Å². The predicted octanol–water partition coefficient (Wildman–Crippen LogP) is 2.35. The number of benzene rings is 1. The molecule has 0 aromatic heterocycles. The van der Waals surface area contributed by atoms with Gasteiger partial charge < -0.3 is 0 Å². The minimum Gasteiger partial charge on any atom is -0.290 e. The first-order valence-electron chi connectivity index (χ1n) is 4.84. The van der Waals surface area contributed by atoms with E-state index in [4.69, 9.17) is 0 Å². The van der Waals surface area contributed by atoms with Crippen LogP contribution in [0.3, 0.4) is 0 Å². The third-order valence-electron chi connectivity index (χ3n) is 1.95. The third-order valence-corrected chi connectivity index (χ3v) is 1.95. The number of hydrogen-bond donors (Lipinski definition) is 1. The van der Waals surface area contributed by atoms with Gasteiger partial charge in [0.15, 0.2) is 0 Å². The van der Waals surface area contributed by atoms with Crippen molar-refractivity contribution in [1.82, 2.24) is 0 Å². The molecule has 2 rings (SSSR count). The van der Waals surface area contributed by atoms with E-state index >= 15 is 0 Å². The Bertz CT molecular complexity index is 462. The number of para-hydroxylation sites is 1. The first-order valence-corrected chi connectivity index (χ1v) is 4.84. The van der Waals surface area contributed by atoms with Gasteiger partial charge in [-0.05, 0) is 12.1 Å². The lowest BCUT2D eigenvalue weighted by atomic mass is 10.2. The molecular formula is C11H10N4O. The van der Waals surface area contributed by atoms with Crippen molar-refractivity contribution < 1.29 is 4.79 Å². The number of carbonyl (C=O) groups is 1. The molecule has 1 aliphatic heterocycles. The number of nitrogens with zero attached hydrogens (tertiary/aromatic N) is 3. The van der Waals surface area contributed by atoms with E-state index in [0.29, 0.717) is 6.42 Å². The van der Waals surface area contributed by atoms with Crippen LogP contribution < -0.4 is 5.43 Å². The Kier molecular flexibility index (Phi) is 3.18. The molecule has 16 heavy (non-hydrogen) atoms. The third kappa shape index (κ3) is 2.60. The minimum atomic E-state index is -0.124. The van der Waals surface area contributed by atoms with E-state index in [1.165, 1.54) is 0 Å². The van der Waals surface area contributed by atoms with Gasteiger partial charge in [-0.15, -0.1) is 5.11 Å². The summed E-state index contributed by atoms with van der Waals surface area (Å²) in [7, 11) is 0. The molecule has 5 heteroatoms. The molecule has 0 unspecified atom stereocenters. The molecule has 0 bridgehead atoms. The number of amidine groups is 1. The van der Waals surface area contributed by atoms with Crippen molar-refractivity contribution in [3.8, 4) is 0 Å². The largest absolute Gasteiger partial charge is 0.290 e. The van der Waals surface area contributed by atoms with Gasteiger partial charge in [0.25, 0.3) is 0 Å². The Labute approximate surface area is 92.6 Å². The summed E-state index contributed by atoms with van der Waals surface area (Å²) >= 11 is 0. The van der Waals surface area contributed by atoms with Crippen LogP contribution in [0.4, 0.5) is 5.69 Å². The second-order valence-corrected chi connectivity index (χ2v) is 3.14. The van der Waals surface area contributed by atoms with E-state index in [1.54, 1.807) is 12.3 Å². The standard InChI is InChI=1S/C11H10N4O/c16-10-7-4-8-12-11(10)14-15-13-9-5-2-1-3-6-9/h1-6,8H,7H2,(H,12,13,14). The molecule has 5 nitrogen and oxygen atoms in total. The highest BCUT2D eigenvalue weighted by molar-refractivity contribution is 6.40. The number of carbonyl (C=O) groups excluding carboxylic acids is 1. The Morgan fingerprint density at radius 1 is 1.25 bits per heavy atom. The second kappa shape index (κ2) is 4.97. The molecule has 0 fully saturated rings. The Morgan fingerprint density at radius 3 is 2.81 bits per heavy atom.